The summed E-state index contributed by atoms with van der Waals surface area (Å²) in [5.74, 6) is 0.418. The molecule has 2 N–H and O–H groups in total. The van der Waals surface area contributed by atoms with Gasteiger partial charge < -0.3 is 5.73 Å². The second-order valence-electron chi connectivity index (χ2n) is 4.46. The normalized spacial score (nSPS) is 16.8. The predicted octanol–water partition coefficient (Wildman–Crippen LogP) is 2.23. The maximum atomic E-state index is 13.1. The third-order valence-corrected chi connectivity index (χ3v) is 3.04. The van der Waals surface area contributed by atoms with Gasteiger partial charge in [0.2, 0.25) is 0 Å². The topological polar surface area (TPSA) is 51.8 Å². The summed E-state index contributed by atoms with van der Waals surface area (Å²) in [5.41, 5.74) is 7.26. The molecule has 0 radical (unpaired) electrons. The maximum absolute atomic E-state index is 13.1. The van der Waals surface area contributed by atoms with E-state index in [-0.39, 0.29) is 11.4 Å². The van der Waals surface area contributed by atoms with Gasteiger partial charge in [0.05, 0.1) is 5.54 Å². The molecule has 2 aromatic rings. The lowest BCUT2D eigenvalue weighted by Crippen LogP contribution is -2.21. The van der Waals surface area contributed by atoms with Crippen molar-refractivity contribution in [2.24, 2.45) is 5.73 Å². The fraction of sp³-hybridized carbons (Fsp3) is 0.231. The predicted molar refractivity (Wildman–Crippen MR) is 62.5 cm³/mol. The van der Waals surface area contributed by atoms with Crippen LogP contribution in [-0.2, 0) is 5.54 Å². The van der Waals surface area contributed by atoms with Crippen molar-refractivity contribution < 1.29 is 4.39 Å². The molecule has 1 aliphatic carbocycles. The number of hydrogen-bond acceptors (Lipinski definition) is 3. The van der Waals surface area contributed by atoms with Gasteiger partial charge in [-0.05, 0) is 30.5 Å². The quantitative estimate of drug-likeness (QED) is 0.859. The Hall–Kier alpha value is -1.81. The Morgan fingerprint density at radius 1 is 1.12 bits per heavy atom. The lowest BCUT2D eigenvalue weighted by molar-refractivity contribution is 0.628. The van der Waals surface area contributed by atoms with E-state index in [1.54, 1.807) is 18.5 Å². The molecule has 86 valence electrons. The Kier molecular flexibility index (Phi) is 2.19. The summed E-state index contributed by atoms with van der Waals surface area (Å²) in [7, 11) is 0. The van der Waals surface area contributed by atoms with Crippen molar-refractivity contribution in [1.29, 1.82) is 0 Å². The molecular weight excluding hydrogens is 217 g/mol. The Balaban J connectivity index is 1.94. The van der Waals surface area contributed by atoms with Crippen molar-refractivity contribution in [2.75, 3.05) is 0 Å². The Labute approximate surface area is 98.5 Å². The zero-order chi connectivity index (χ0) is 11.9. The largest absolute Gasteiger partial charge is 0.319 e. The number of hydrogen-bond donors (Lipinski definition) is 1. The molecule has 4 heteroatoms. The maximum Gasteiger partial charge on any atom is 0.148 e. The highest BCUT2D eigenvalue weighted by molar-refractivity contribution is 5.61. The van der Waals surface area contributed by atoms with Crippen molar-refractivity contribution in [1.82, 2.24) is 9.97 Å². The fourth-order valence-corrected chi connectivity index (χ4v) is 1.76. The van der Waals surface area contributed by atoms with E-state index in [2.05, 4.69) is 9.97 Å². The molecule has 0 atom stereocenters. The zero-order valence-corrected chi connectivity index (χ0v) is 9.23. The zero-order valence-electron chi connectivity index (χ0n) is 9.23. The van der Waals surface area contributed by atoms with Gasteiger partial charge in [0.25, 0.3) is 0 Å². The number of nitrogens with zero attached hydrogens (tertiary/aromatic N) is 2. The van der Waals surface area contributed by atoms with Gasteiger partial charge in [-0.3, -0.25) is 0 Å². The summed E-state index contributed by atoms with van der Waals surface area (Å²) in [6.07, 6.45) is 5.27. The molecule has 0 unspecified atom stereocenters. The molecule has 1 heterocycles. The Morgan fingerprint density at radius 2 is 1.82 bits per heavy atom. The molecule has 1 saturated carbocycles. The fourth-order valence-electron chi connectivity index (χ4n) is 1.76. The molecule has 1 aromatic heterocycles. The molecule has 0 bridgehead atoms. The van der Waals surface area contributed by atoms with Crippen molar-refractivity contribution in [3.63, 3.8) is 0 Å². The minimum absolute atomic E-state index is 0.260. The summed E-state index contributed by atoms with van der Waals surface area (Å²) >= 11 is 0. The van der Waals surface area contributed by atoms with Crippen LogP contribution >= 0.6 is 0 Å². The summed E-state index contributed by atoms with van der Waals surface area (Å²) in [5, 5.41) is 0. The number of halogens is 1. The molecule has 0 aliphatic heterocycles. The van der Waals surface area contributed by atoms with Crippen molar-refractivity contribution in [2.45, 2.75) is 18.4 Å². The number of nitrogens with two attached hydrogens (primary N) is 1. The van der Waals surface area contributed by atoms with E-state index in [4.69, 9.17) is 5.73 Å². The van der Waals surface area contributed by atoms with Crippen LogP contribution in [0.4, 0.5) is 4.39 Å². The van der Waals surface area contributed by atoms with Crippen LogP contribution in [0.2, 0.25) is 0 Å². The molecule has 0 amide bonds. The first-order valence-corrected chi connectivity index (χ1v) is 5.55. The first-order valence-electron chi connectivity index (χ1n) is 5.55. The van der Waals surface area contributed by atoms with Crippen LogP contribution in [0.5, 0.6) is 0 Å². The average molecular weight is 229 g/mol. The van der Waals surface area contributed by atoms with Crippen LogP contribution in [0.3, 0.4) is 0 Å². The first-order chi connectivity index (χ1) is 8.17. The van der Waals surface area contributed by atoms with Gasteiger partial charge in [0.15, 0.2) is 0 Å². The van der Waals surface area contributed by atoms with Gasteiger partial charge in [0, 0.05) is 18.0 Å². The Bertz CT molecular complexity index is 547. The molecule has 1 aliphatic rings. The van der Waals surface area contributed by atoms with E-state index >= 15 is 0 Å². The summed E-state index contributed by atoms with van der Waals surface area (Å²) < 4.78 is 13.1. The van der Waals surface area contributed by atoms with Crippen LogP contribution in [0, 0.1) is 5.82 Å². The van der Waals surface area contributed by atoms with E-state index in [9.17, 15) is 4.39 Å². The van der Waals surface area contributed by atoms with Crippen molar-refractivity contribution in [3.8, 4) is 11.1 Å². The van der Waals surface area contributed by atoms with Gasteiger partial charge in [0.1, 0.15) is 11.6 Å². The third-order valence-electron chi connectivity index (χ3n) is 3.04. The molecule has 0 spiro atoms. The van der Waals surface area contributed by atoms with Gasteiger partial charge in [-0.25, -0.2) is 14.4 Å². The minimum Gasteiger partial charge on any atom is -0.319 e. The van der Waals surface area contributed by atoms with E-state index < -0.39 is 0 Å². The summed E-state index contributed by atoms with van der Waals surface area (Å²) in [6.45, 7) is 0. The number of benzene rings is 1. The number of aromatic nitrogens is 2. The third kappa shape index (κ3) is 1.91. The minimum atomic E-state index is -0.319. The van der Waals surface area contributed by atoms with Gasteiger partial charge >= 0.3 is 0 Å². The van der Waals surface area contributed by atoms with Crippen LogP contribution in [0.25, 0.3) is 11.1 Å². The van der Waals surface area contributed by atoms with Crippen molar-refractivity contribution in [3.05, 3.63) is 48.3 Å². The second-order valence-corrected chi connectivity index (χ2v) is 4.46. The first kappa shape index (κ1) is 10.4. The highest BCUT2D eigenvalue weighted by atomic mass is 19.1. The van der Waals surface area contributed by atoms with E-state index in [0.29, 0.717) is 5.82 Å². The highest BCUT2D eigenvalue weighted by Gasteiger charge is 2.42. The SMILES string of the molecule is NC1(c2ncc(-c3cccc(F)c3)cn2)CC1. The highest BCUT2D eigenvalue weighted by Crippen LogP contribution is 2.40. The molecule has 1 fully saturated rings. The summed E-state index contributed by atoms with van der Waals surface area (Å²) in [6, 6.07) is 6.38. The average Bonchev–Trinajstić information content (AvgIpc) is 3.09. The lowest BCUT2D eigenvalue weighted by atomic mass is 10.1. The molecule has 3 rings (SSSR count). The van der Waals surface area contributed by atoms with Crippen molar-refractivity contribution >= 4 is 0 Å². The summed E-state index contributed by atoms with van der Waals surface area (Å²) in [4.78, 5) is 8.52. The van der Waals surface area contributed by atoms with Gasteiger partial charge in [-0.1, -0.05) is 12.1 Å². The van der Waals surface area contributed by atoms with Crippen LogP contribution in [-0.4, -0.2) is 9.97 Å². The smallest absolute Gasteiger partial charge is 0.148 e. The molecule has 3 nitrogen and oxygen atoms in total. The van der Waals surface area contributed by atoms with Crippen LogP contribution in [0.1, 0.15) is 18.7 Å². The second kappa shape index (κ2) is 3.60. The van der Waals surface area contributed by atoms with Crippen LogP contribution < -0.4 is 5.73 Å². The number of rotatable bonds is 2. The lowest BCUT2D eigenvalue weighted by Gasteiger charge is -2.07. The molecule has 1 aromatic carbocycles. The standard InChI is InChI=1S/C13H12FN3/c14-11-3-1-2-9(6-11)10-7-16-12(17-8-10)13(15)4-5-13/h1-3,6-8H,4-5,15H2. The Morgan fingerprint density at radius 3 is 2.41 bits per heavy atom. The van der Waals surface area contributed by atoms with E-state index in [1.807, 2.05) is 6.07 Å². The van der Waals surface area contributed by atoms with E-state index in [1.165, 1.54) is 12.1 Å². The van der Waals surface area contributed by atoms with Crippen LogP contribution in [0.15, 0.2) is 36.7 Å². The molecule has 17 heavy (non-hydrogen) atoms. The van der Waals surface area contributed by atoms with E-state index in [0.717, 1.165) is 24.0 Å². The molecule has 0 saturated heterocycles. The van der Waals surface area contributed by atoms with Gasteiger partial charge in [-0.15, -0.1) is 0 Å². The monoisotopic (exact) mass is 229 g/mol. The van der Waals surface area contributed by atoms with Gasteiger partial charge in [-0.2, -0.15) is 0 Å². The molecular formula is C13H12FN3.